The van der Waals surface area contributed by atoms with Gasteiger partial charge in [0.2, 0.25) is 0 Å². The molecule has 3 nitrogen and oxygen atoms in total. The standard InChI is InChI=1S/C3H2N3PS/c1-2-3(5-4-1)7-6-8-2/h1H,(H,4,5). The van der Waals surface area contributed by atoms with E-state index in [2.05, 4.69) is 14.3 Å². The minimum absolute atomic E-state index is 1.01. The lowest BCUT2D eigenvalue weighted by atomic mass is 10.7. The monoisotopic (exact) mass is 143 g/mol. The summed E-state index contributed by atoms with van der Waals surface area (Å²) in [6.07, 6.45) is 1.80. The molecule has 5 heteroatoms. The molecule has 2 heterocycles. The maximum absolute atomic E-state index is 4.03. The van der Waals surface area contributed by atoms with Crippen molar-refractivity contribution in [1.82, 2.24) is 14.3 Å². The van der Waals surface area contributed by atoms with Gasteiger partial charge in [0, 0.05) is 0 Å². The molecule has 0 radical (unpaired) electrons. The third-order valence-electron chi connectivity index (χ3n) is 0.866. The van der Waals surface area contributed by atoms with Crippen molar-refractivity contribution in [1.29, 1.82) is 0 Å². The van der Waals surface area contributed by atoms with Crippen LogP contribution in [0.25, 0.3) is 9.95 Å². The van der Waals surface area contributed by atoms with Crippen LogP contribution in [0.3, 0.4) is 0 Å². The summed E-state index contributed by atoms with van der Waals surface area (Å²) in [4.78, 5) is 0. The summed E-state index contributed by atoms with van der Waals surface area (Å²) >= 11 is 1.49. The van der Waals surface area contributed by atoms with Crippen molar-refractivity contribution in [3.05, 3.63) is 6.20 Å². The SMILES string of the molecule is c1n[nH]c2pnsc12. The normalized spacial score (nSPS) is 11.5. The van der Waals surface area contributed by atoms with E-state index in [-0.39, 0.29) is 0 Å². The number of fused-ring (bicyclic) bond motifs is 1. The molecule has 2 aromatic heterocycles. The zero-order chi connectivity index (χ0) is 5.40. The van der Waals surface area contributed by atoms with E-state index < -0.39 is 0 Å². The van der Waals surface area contributed by atoms with E-state index in [1.807, 2.05) is 0 Å². The molecule has 1 N–H and O–H groups in total. The van der Waals surface area contributed by atoms with Gasteiger partial charge in [0.25, 0.3) is 0 Å². The first-order valence-electron chi connectivity index (χ1n) is 2.08. The molecule has 0 spiro atoms. The molecule has 0 aromatic carbocycles. The van der Waals surface area contributed by atoms with Crippen LogP contribution in [-0.4, -0.2) is 14.3 Å². The van der Waals surface area contributed by atoms with Crippen molar-refractivity contribution < 1.29 is 0 Å². The Bertz CT molecular complexity index is 236. The summed E-state index contributed by atoms with van der Waals surface area (Å²) in [6.45, 7) is 0. The van der Waals surface area contributed by atoms with E-state index in [9.17, 15) is 0 Å². The van der Waals surface area contributed by atoms with E-state index in [0.717, 1.165) is 18.3 Å². The Labute approximate surface area is 51.1 Å². The van der Waals surface area contributed by atoms with Crippen molar-refractivity contribution in [3.63, 3.8) is 0 Å². The number of aromatic amines is 1. The van der Waals surface area contributed by atoms with Crippen LogP contribution >= 0.6 is 19.9 Å². The lowest BCUT2D eigenvalue weighted by Gasteiger charge is -1.60. The number of hydrogen-bond donors (Lipinski definition) is 1. The number of H-pyrrole nitrogens is 1. The van der Waals surface area contributed by atoms with Gasteiger partial charge < -0.3 is 0 Å². The molecule has 0 fully saturated rings. The first-order chi connectivity index (χ1) is 3.97. The van der Waals surface area contributed by atoms with Gasteiger partial charge in [-0.05, 0) is 11.5 Å². The second-order valence-electron chi connectivity index (χ2n) is 1.36. The molecule has 0 saturated heterocycles. The number of rotatable bonds is 0. The average Bonchev–Trinajstić information content (AvgIpc) is 2.15. The Hall–Kier alpha value is -0.470. The van der Waals surface area contributed by atoms with Crippen LogP contribution in [0.5, 0.6) is 0 Å². The van der Waals surface area contributed by atoms with Crippen molar-refractivity contribution in [3.8, 4) is 0 Å². The third kappa shape index (κ3) is 0.471. The molecule has 0 saturated carbocycles. The molecule has 2 aromatic rings. The van der Waals surface area contributed by atoms with E-state index in [4.69, 9.17) is 0 Å². The topological polar surface area (TPSA) is 41.6 Å². The molecule has 0 aliphatic carbocycles. The summed E-state index contributed by atoms with van der Waals surface area (Å²) in [6, 6.07) is 0. The Balaban J connectivity index is 3.06. The van der Waals surface area contributed by atoms with Gasteiger partial charge in [-0.1, -0.05) is 0 Å². The zero-order valence-electron chi connectivity index (χ0n) is 3.83. The molecular formula is C3H2N3PS. The Morgan fingerprint density at radius 1 is 1.75 bits per heavy atom. The molecule has 0 bridgehead atoms. The van der Waals surface area contributed by atoms with Crippen LogP contribution in [0.15, 0.2) is 6.20 Å². The van der Waals surface area contributed by atoms with Crippen LogP contribution in [-0.2, 0) is 0 Å². The molecule has 0 aliphatic rings. The highest BCUT2D eigenvalue weighted by Crippen LogP contribution is 2.21. The maximum atomic E-state index is 4.03. The summed E-state index contributed by atoms with van der Waals surface area (Å²) in [5, 5.41) is 7.79. The quantitative estimate of drug-likeness (QED) is 0.608. The van der Waals surface area contributed by atoms with Gasteiger partial charge in [-0.25, -0.2) is 0 Å². The number of nitrogens with one attached hydrogen (secondary N) is 1. The Morgan fingerprint density at radius 2 is 2.75 bits per heavy atom. The largest absolute Gasteiger partial charge is 0.271 e. The van der Waals surface area contributed by atoms with Gasteiger partial charge in [-0.15, -0.1) is 0 Å². The second-order valence-corrected chi connectivity index (χ2v) is 3.28. The van der Waals surface area contributed by atoms with Gasteiger partial charge in [0.1, 0.15) is 5.25 Å². The van der Waals surface area contributed by atoms with E-state index >= 15 is 0 Å². The average molecular weight is 143 g/mol. The molecule has 0 unspecified atom stereocenters. The number of hydrogen-bond acceptors (Lipinski definition) is 3. The Kier molecular flexibility index (Phi) is 0.829. The number of aromatic nitrogens is 3. The zero-order valence-corrected chi connectivity index (χ0v) is 5.54. The predicted octanol–water partition coefficient (Wildman–Crippen LogP) is 1.60. The second kappa shape index (κ2) is 1.50. The summed E-state index contributed by atoms with van der Waals surface area (Å²) in [5.74, 6) is 0. The summed E-state index contributed by atoms with van der Waals surface area (Å²) in [7, 11) is 1.01. The molecule has 2 rings (SSSR count). The fourth-order valence-electron chi connectivity index (χ4n) is 0.512. The highest BCUT2D eigenvalue weighted by atomic mass is 32.1. The van der Waals surface area contributed by atoms with Gasteiger partial charge in [-0.2, -0.15) is 9.23 Å². The first kappa shape index (κ1) is 4.41. The number of nitrogens with zero attached hydrogens (tertiary/aromatic N) is 2. The van der Waals surface area contributed by atoms with E-state index in [1.54, 1.807) is 6.20 Å². The van der Waals surface area contributed by atoms with Crippen molar-refractivity contribution >= 4 is 29.8 Å². The summed E-state index contributed by atoms with van der Waals surface area (Å²) in [5.41, 5.74) is 0. The third-order valence-corrected chi connectivity index (χ3v) is 2.72. The molecule has 0 atom stereocenters. The van der Waals surface area contributed by atoms with Crippen LogP contribution in [0.1, 0.15) is 0 Å². The Morgan fingerprint density at radius 3 is 3.62 bits per heavy atom. The van der Waals surface area contributed by atoms with Crippen LogP contribution in [0.4, 0.5) is 0 Å². The van der Waals surface area contributed by atoms with E-state index in [1.165, 1.54) is 11.5 Å². The maximum Gasteiger partial charge on any atom is 0.123 e. The predicted molar refractivity (Wildman–Crippen MR) is 34.3 cm³/mol. The smallest absolute Gasteiger partial charge is 0.123 e. The minimum Gasteiger partial charge on any atom is -0.271 e. The fourth-order valence-corrected chi connectivity index (χ4v) is 2.09. The molecule has 0 aliphatic heterocycles. The minimum atomic E-state index is 1.01. The lowest BCUT2D eigenvalue weighted by molar-refractivity contribution is 1.13. The molecule has 0 amide bonds. The van der Waals surface area contributed by atoms with Crippen molar-refractivity contribution in [2.45, 2.75) is 0 Å². The molecule has 40 valence electrons. The highest BCUT2D eigenvalue weighted by molar-refractivity contribution is 7.41. The van der Waals surface area contributed by atoms with E-state index in [0.29, 0.717) is 0 Å². The molecule has 8 heavy (non-hydrogen) atoms. The summed E-state index contributed by atoms with van der Waals surface area (Å²) < 4.78 is 5.19. The molecular weight excluding hydrogens is 141 g/mol. The van der Waals surface area contributed by atoms with Crippen molar-refractivity contribution in [2.24, 2.45) is 0 Å². The van der Waals surface area contributed by atoms with Crippen LogP contribution in [0.2, 0.25) is 0 Å². The van der Waals surface area contributed by atoms with Crippen LogP contribution in [0, 0.1) is 0 Å². The van der Waals surface area contributed by atoms with Gasteiger partial charge >= 0.3 is 0 Å². The van der Waals surface area contributed by atoms with Gasteiger partial charge in [0.05, 0.1) is 19.2 Å². The van der Waals surface area contributed by atoms with Gasteiger partial charge in [-0.3, -0.25) is 5.10 Å². The van der Waals surface area contributed by atoms with Gasteiger partial charge in [0.15, 0.2) is 0 Å². The van der Waals surface area contributed by atoms with Crippen molar-refractivity contribution in [2.75, 3.05) is 0 Å². The highest BCUT2D eigenvalue weighted by Gasteiger charge is 1.94. The lowest BCUT2D eigenvalue weighted by Crippen LogP contribution is -1.56. The van der Waals surface area contributed by atoms with Crippen LogP contribution < -0.4 is 0 Å². The first-order valence-corrected chi connectivity index (χ1v) is 3.70. The fraction of sp³-hybridized carbons (Fsp3) is 0.